The number of aromatic hydroxyl groups is 1. The number of hydrogen-bond donors (Lipinski definition) is 2. The van der Waals surface area contributed by atoms with Gasteiger partial charge in [-0.2, -0.15) is 0 Å². The summed E-state index contributed by atoms with van der Waals surface area (Å²) in [6.07, 6.45) is 3.83. The van der Waals surface area contributed by atoms with E-state index in [0.29, 0.717) is 5.75 Å². The number of hydrogen-bond acceptors (Lipinski definition) is 3. The molecule has 1 atom stereocenters. The molecule has 1 aliphatic heterocycles. The van der Waals surface area contributed by atoms with E-state index >= 15 is 0 Å². The second-order valence-corrected chi connectivity index (χ2v) is 4.95. The molecule has 0 spiro atoms. The average Bonchev–Trinajstić information content (AvgIpc) is 2.57. The van der Waals surface area contributed by atoms with Crippen LogP contribution in [-0.2, 0) is 0 Å². The van der Waals surface area contributed by atoms with E-state index in [9.17, 15) is 5.11 Å². The maximum atomic E-state index is 9.48. The number of nitrogens with zero attached hydrogens (tertiary/aromatic N) is 1. The van der Waals surface area contributed by atoms with Crippen LogP contribution < -0.4 is 10.2 Å². The minimum Gasteiger partial charge on any atom is -0.508 e. The standard InChI is InChI=1S/C14H22N2O/c1-16(13-5-2-6-14(17)10-13)11-12-4-3-8-15-9-7-12/h2,5-6,10,12,15,17H,3-4,7-9,11H2,1H3. The summed E-state index contributed by atoms with van der Waals surface area (Å²) in [4.78, 5) is 2.25. The van der Waals surface area contributed by atoms with Gasteiger partial charge in [0.15, 0.2) is 0 Å². The quantitative estimate of drug-likeness (QED) is 0.841. The molecule has 94 valence electrons. The largest absolute Gasteiger partial charge is 0.508 e. The zero-order chi connectivity index (χ0) is 12.1. The third-order valence-electron chi connectivity index (χ3n) is 3.50. The Morgan fingerprint density at radius 3 is 3.06 bits per heavy atom. The van der Waals surface area contributed by atoms with Crippen molar-refractivity contribution in [2.75, 3.05) is 31.6 Å². The van der Waals surface area contributed by atoms with Crippen molar-refractivity contribution in [2.24, 2.45) is 5.92 Å². The first-order valence-corrected chi connectivity index (χ1v) is 6.46. The summed E-state index contributed by atoms with van der Waals surface area (Å²) in [7, 11) is 2.10. The smallest absolute Gasteiger partial charge is 0.117 e. The third-order valence-corrected chi connectivity index (χ3v) is 3.50. The van der Waals surface area contributed by atoms with Gasteiger partial charge < -0.3 is 15.3 Å². The van der Waals surface area contributed by atoms with Gasteiger partial charge in [-0.3, -0.25) is 0 Å². The molecule has 0 amide bonds. The summed E-state index contributed by atoms with van der Waals surface area (Å²) in [5.41, 5.74) is 1.10. The van der Waals surface area contributed by atoms with E-state index in [-0.39, 0.29) is 0 Å². The first kappa shape index (κ1) is 12.2. The molecule has 1 aromatic rings. The van der Waals surface area contributed by atoms with Crippen LogP contribution in [0.4, 0.5) is 5.69 Å². The van der Waals surface area contributed by atoms with Gasteiger partial charge in [-0.25, -0.2) is 0 Å². The lowest BCUT2D eigenvalue weighted by Gasteiger charge is -2.25. The lowest BCUT2D eigenvalue weighted by Crippen LogP contribution is -2.26. The molecule has 1 heterocycles. The molecule has 0 bridgehead atoms. The van der Waals surface area contributed by atoms with Crippen molar-refractivity contribution in [3.05, 3.63) is 24.3 Å². The molecule has 3 heteroatoms. The minimum atomic E-state index is 0.344. The topological polar surface area (TPSA) is 35.5 Å². The lowest BCUT2D eigenvalue weighted by atomic mass is 10.00. The van der Waals surface area contributed by atoms with Crippen molar-refractivity contribution in [3.63, 3.8) is 0 Å². The zero-order valence-electron chi connectivity index (χ0n) is 10.5. The fraction of sp³-hybridized carbons (Fsp3) is 0.571. The molecule has 2 N–H and O–H groups in total. The van der Waals surface area contributed by atoms with Gasteiger partial charge in [-0.15, -0.1) is 0 Å². The van der Waals surface area contributed by atoms with Gasteiger partial charge in [0.05, 0.1) is 0 Å². The van der Waals surface area contributed by atoms with Crippen LogP contribution in [0, 0.1) is 5.92 Å². The maximum Gasteiger partial charge on any atom is 0.117 e. The Morgan fingerprint density at radius 1 is 1.35 bits per heavy atom. The van der Waals surface area contributed by atoms with Crippen molar-refractivity contribution < 1.29 is 5.11 Å². The minimum absolute atomic E-state index is 0.344. The number of benzene rings is 1. The molecule has 0 saturated carbocycles. The Bertz CT molecular complexity index is 346. The fourth-order valence-corrected chi connectivity index (χ4v) is 2.50. The summed E-state index contributed by atoms with van der Waals surface area (Å²) in [5.74, 6) is 1.11. The normalized spacial score (nSPS) is 20.9. The van der Waals surface area contributed by atoms with Gasteiger partial charge in [-0.1, -0.05) is 6.07 Å². The molecule has 0 aliphatic carbocycles. The van der Waals surface area contributed by atoms with Gasteiger partial charge in [0, 0.05) is 25.3 Å². The Kier molecular flexibility index (Phi) is 4.26. The van der Waals surface area contributed by atoms with Crippen LogP contribution in [0.3, 0.4) is 0 Å². The van der Waals surface area contributed by atoms with Crippen LogP contribution in [0.15, 0.2) is 24.3 Å². The first-order chi connectivity index (χ1) is 8.25. The van der Waals surface area contributed by atoms with E-state index in [1.807, 2.05) is 12.1 Å². The van der Waals surface area contributed by atoms with Crippen LogP contribution in [0.1, 0.15) is 19.3 Å². The van der Waals surface area contributed by atoms with Gasteiger partial charge in [0.25, 0.3) is 0 Å². The highest BCUT2D eigenvalue weighted by atomic mass is 16.3. The summed E-state index contributed by atoms with van der Waals surface area (Å²) >= 11 is 0. The molecule has 1 unspecified atom stereocenters. The molecule has 3 nitrogen and oxygen atoms in total. The maximum absolute atomic E-state index is 9.48. The summed E-state index contributed by atoms with van der Waals surface area (Å²) in [5, 5.41) is 12.9. The molecule has 1 saturated heterocycles. The van der Waals surface area contributed by atoms with E-state index in [2.05, 4.69) is 23.3 Å². The molecular formula is C14H22N2O. The van der Waals surface area contributed by atoms with E-state index in [4.69, 9.17) is 0 Å². The van der Waals surface area contributed by atoms with Gasteiger partial charge in [0.1, 0.15) is 5.75 Å². The number of anilines is 1. The van der Waals surface area contributed by atoms with E-state index in [0.717, 1.165) is 31.2 Å². The second-order valence-electron chi connectivity index (χ2n) is 4.95. The van der Waals surface area contributed by atoms with Crippen LogP contribution in [0.25, 0.3) is 0 Å². The lowest BCUT2D eigenvalue weighted by molar-refractivity contribution is 0.468. The van der Waals surface area contributed by atoms with Crippen molar-refractivity contribution in [2.45, 2.75) is 19.3 Å². The number of phenols is 1. The van der Waals surface area contributed by atoms with Crippen LogP contribution in [0.5, 0.6) is 5.75 Å². The van der Waals surface area contributed by atoms with Crippen molar-refractivity contribution in [3.8, 4) is 5.75 Å². The van der Waals surface area contributed by atoms with E-state index in [1.54, 1.807) is 6.07 Å². The Hall–Kier alpha value is -1.22. The molecule has 1 aromatic carbocycles. The summed E-state index contributed by atoms with van der Waals surface area (Å²) in [6.45, 7) is 3.37. The predicted octanol–water partition coefficient (Wildman–Crippen LogP) is 2.22. The average molecular weight is 234 g/mol. The fourth-order valence-electron chi connectivity index (χ4n) is 2.50. The Morgan fingerprint density at radius 2 is 2.24 bits per heavy atom. The molecule has 1 aliphatic rings. The van der Waals surface area contributed by atoms with Gasteiger partial charge in [-0.05, 0) is 50.4 Å². The first-order valence-electron chi connectivity index (χ1n) is 6.46. The molecule has 0 radical (unpaired) electrons. The second kappa shape index (κ2) is 5.92. The predicted molar refractivity (Wildman–Crippen MR) is 71.6 cm³/mol. The summed E-state index contributed by atoms with van der Waals surface area (Å²) in [6, 6.07) is 7.49. The molecule has 17 heavy (non-hydrogen) atoms. The molecular weight excluding hydrogens is 212 g/mol. The van der Waals surface area contributed by atoms with Gasteiger partial charge >= 0.3 is 0 Å². The van der Waals surface area contributed by atoms with Crippen molar-refractivity contribution >= 4 is 5.69 Å². The zero-order valence-corrected chi connectivity index (χ0v) is 10.5. The molecule has 2 rings (SSSR count). The van der Waals surface area contributed by atoms with E-state index < -0.39 is 0 Å². The molecule has 0 aromatic heterocycles. The van der Waals surface area contributed by atoms with Crippen LogP contribution >= 0.6 is 0 Å². The highest BCUT2D eigenvalue weighted by Crippen LogP contribution is 2.22. The Labute approximate surface area is 103 Å². The number of nitrogens with one attached hydrogen (secondary N) is 1. The third kappa shape index (κ3) is 3.63. The van der Waals surface area contributed by atoms with Crippen molar-refractivity contribution in [1.29, 1.82) is 0 Å². The molecule has 1 fully saturated rings. The Balaban J connectivity index is 1.93. The monoisotopic (exact) mass is 234 g/mol. The van der Waals surface area contributed by atoms with Crippen LogP contribution in [0.2, 0.25) is 0 Å². The van der Waals surface area contributed by atoms with Crippen LogP contribution in [-0.4, -0.2) is 31.8 Å². The highest BCUT2D eigenvalue weighted by Gasteiger charge is 2.14. The summed E-state index contributed by atoms with van der Waals surface area (Å²) < 4.78 is 0. The number of phenolic OH excluding ortho intramolecular Hbond substituents is 1. The highest BCUT2D eigenvalue weighted by molar-refractivity contribution is 5.49. The van der Waals surface area contributed by atoms with Crippen molar-refractivity contribution in [1.82, 2.24) is 5.32 Å². The number of rotatable bonds is 3. The SMILES string of the molecule is CN(CC1CCCNCC1)c1cccc(O)c1. The van der Waals surface area contributed by atoms with Gasteiger partial charge in [0.2, 0.25) is 0 Å². The van der Waals surface area contributed by atoms with E-state index in [1.165, 1.54) is 19.3 Å².